The minimum Gasteiger partial charge on any atom is -0.325 e. The van der Waals surface area contributed by atoms with Gasteiger partial charge >= 0.3 is 0 Å². The molecule has 2 saturated heterocycles. The van der Waals surface area contributed by atoms with E-state index in [0.717, 1.165) is 39.0 Å². The van der Waals surface area contributed by atoms with Crippen LogP contribution in [0.15, 0.2) is 0 Å². The normalized spacial score (nSPS) is 28.4. The molecular weight excluding hydrogens is 214 g/mol. The summed E-state index contributed by atoms with van der Waals surface area (Å²) in [5.74, 6) is 0.905. The molecule has 1 amide bonds. The maximum atomic E-state index is 12.3. The standard InChI is InChI=1S/C13H25N3O/c1-10(2)8-12-13(17)16(9-14-12)11-4-6-15(3)7-5-11/h10-12,14H,4-9H2,1-3H3. The molecular formula is C13H25N3O. The number of likely N-dealkylation sites (tertiary alicyclic amines) is 1. The van der Waals surface area contributed by atoms with Crippen molar-refractivity contribution in [2.24, 2.45) is 5.92 Å². The lowest BCUT2D eigenvalue weighted by molar-refractivity contribution is -0.131. The number of rotatable bonds is 3. The van der Waals surface area contributed by atoms with E-state index in [0.29, 0.717) is 17.9 Å². The highest BCUT2D eigenvalue weighted by molar-refractivity contribution is 5.84. The van der Waals surface area contributed by atoms with Gasteiger partial charge in [-0.1, -0.05) is 13.8 Å². The van der Waals surface area contributed by atoms with E-state index in [-0.39, 0.29) is 6.04 Å². The summed E-state index contributed by atoms with van der Waals surface area (Å²) >= 11 is 0. The van der Waals surface area contributed by atoms with Crippen LogP contribution >= 0.6 is 0 Å². The fraction of sp³-hybridized carbons (Fsp3) is 0.923. The van der Waals surface area contributed by atoms with Gasteiger partial charge in [0, 0.05) is 6.04 Å². The second kappa shape index (κ2) is 5.36. The molecule has 1 N–H and O–H groups in total. The molecule has 0 aliphatic carbocycles. The fourth-order valence-corrected chi connectivity index (χ4v) is 2.85. The number of nitrogens with zero attached hydrogens (tertiary/aromatic N) is 2. The summed E-state index contributed by atoms with van der Waals surface area (Å²) in [4.78, 5) is 16.7. The molecule has 17 heavy (non-hydrogen) atoms. The first kappa shape index (κ1) is 12.8. The van der Waals surface area contributed by atoms with Gasteiger partial charge in [0.05, 0.1) is 12.7 Å². The van der Waals surface area contributed by atoms with Gasteiger partial charge in [-0.25, -0.2) is 0 Å². The highest BCUT2D eigenvalue weighted by Gasteiger charge is 2.36. The number of nitrogens with one attached hydrogen (secondary N) is 1. The first-order chi connectivity index (χ1) is 8.08. The van der Waals surface area contributed by atoms with Crippen LogP contribution in [-0.4, -0.2) is 54.6 Å². The number of hydrogen-bond acceptors (Lipinski definition) is 3. The Hall–Kier alpha value is -0.610. The molecule has 4 heteroatoms. The van der Waals surface area contributed by atoms with Gasteiger partial charge < -0.3 is 9.80 Å². The van der Waals surface area contributed by atoms with Crippen LogP contribution < -0.4 is 5.32 Å². The van der Waals surface area contributed by atoms with E-state index < -0.39 is 0 Å². The largest absolute Gasteiger partial charge is 0.325 e. The van der Waals surface area contributed by atoms with Gasteiger partial charge in [-0.3, -0.25) is 10.1 Å². The summed E-state index contributed by atoms with van der Waals surface area (Å²) in [6.07, 6.45) is 3.21. The number of carbonyl (C=O) groups excluding carboxylic acids is 1. The summed E-state index contributed by atoms with van der Waals surface area (Å²) in [6.45, 7) is 7.33. The molecule has 4 nitrogen and oxygen atoms in total. The number of amides is 1. The summed E-state index contributed by atoms with van der Waals surface area (Å²) in [7, 11) is 2.15. The topological polar surface area (TPSA) is 35.6 Å². The third-order valence-electron chi connectivity index (χ3n) is 3.93. The minimum absolute atomic E-state index is 0.0645. The fourth-order valence-electron chi connectivity index (χ4n) is 2.85. The first-order valence-electron chi connectivity index (χ1n) is 6.80. The van der Waals surface area contributed by atoms with Gasteiger partial charge in [-0.2, -0.15) is 0 Å². The van der Waals surface area contributed by atoms with Crippen LogP contribution in [0, 0.1) is 5.92 Å². The highest BCUT2D eigenvalue weighted by atomic mass is 16.2. The lowest BCUT2D eigenvalue weighted by Crippen LogP contribution is -2.45. The number of piperidine rings is 1. The lowest BCUT2D eigenvalue weighted by Gasteiger charge is -2.34. The zero-order chi connectivity index (χ0) is 12.4. The molecule has 2 aliphatic heterocycles. The zero-order valence-electron chi connectivity index (χ0n) is 11.3. The second-order valence-electron chi connectivity index (χ2n) is 5.89. The molecule has 0 spiro atoms. The van der Waals surface area contributed by atoms with Crippen LogP contribution in [0.4, 0.5) is 0 Å². The predicted octanol–water partition coefficient (Wildman–Crippen LogP) is 0.885. The molecule has 2 aliphatic rings. The van der Waals surface area contributed by atoms with Gasteiger partial charge in [-0.05, 0) is 45.3 Å². The molecule has 2 rings (SSSR count). The maximum absolute atomic E-state index is 12.3. The van der Waals surface area contributed by atoms with E-state index in [1.54, 1.807) is 0 Å². The number of hydrogen-bond donors (Lipinski definition) is 1. The van der Waals surface area contributed by atoms with Gasteiger partial charge in [-0.15, -0.1) is 0 Å². The van der Waals surface area contributed by atoms with Crippen molar-refractivity contribution in [1.29, 1.82) is 0 Å². The van der Waals surface area contributed by atoms with Crippen molar-refractivity contribution in [3.63, 3.8) is 0 Å². The van der Waals surface area contributed by atoms with Crippen molar-refractivity contribution in [1.82, 2.24) is 15.1 Å². The van der Waals surface area contributed by atoms with Gasteiger partial charge in [0.2, 0.25) is 5.91 Å². The molecule has 0 aromatic carbocycles. The molecule has 0 radical (unpaired) electrons. The monoisotopic (exact) mass is 239 g/mol. The predicted molar refractivity (Wildman–Crippen MR) is 68.6 cm³/mol. The van der Waals surface area contributed by atoms with Crippen molar-refractivity contribution in [3.05, 3.63) is 0 Å². The van der Waals surface area contributed by atoms with Crippen LogP contribution in [0.3, 0.4) is 0 Å². The van der Waals surface area contributed by atoms with E-state index in [4.69, 9.17) is 0 Å². The van der Waals surface area contributed by atoms with Gasteiger partial charge in [0.1, 0.15) is 0 Å². The molecule has 0 aromatic heterocycles. The minimum atomic E-state index is 0.0645. The summed E-state index contributed by atoms with van der Waals surface area (Å²) in [6, 6.07) is 0.526. The Kier molecular flexibility index (Phi) is 4.05. The van der Waals surface area contributed by atoms with Crippen LogP contribution in [0.1, 0.15) is 33.1 Å². The second-order valence-corrected chi connectivity index (χ2v) is 5.89. The number of carbonyl (C=O) groups is 1. The Morgan fingerprint density at radius 1 is 1.35 bits per heavy atom. The van der Waals surface area contributed by atoms with E-state index in [9.17, 15) is 4.79 Å². The smallest absolute Gasteiger partial charge is 0.241 e. The van der Waals surface area contributed by atoms with E-state index in [1.807, 2.05) is 0 Å². The Labute approximate surface area is 104 Å². The Morgan fingerprint density at radius 3 is 2.59 bits per heavy atom. The van der Waals surface area contributed by atoms with Crippen LogP contribution in [0.25, 0.3) is 0 Å². The third-order valence-corrected chi connectivity index (χ3v) is 3.93. The van der Waals surface area contributed by atoms with E-state index >= 15 is 0 Å². The zero-order valence-corrected chi connectivity index (χ0v) is 11.3. The molecule has 0 saturated carbocycles. The SMILES string of the molecule is CC(C)CC1NCN(C2CCN(C)CC2)C1=O. The quantitative estimate of drug-likeness (QED) is 0.794. The highest BCUT2D eigenvalue weighted by Crippen LogP contribution is 2.21. The molecule has 0 bridgehead atoms. The summed E-state index contributed by atoms with van der Waals surface area (Å²) in [5.41, 5.74) is 0. The summed E-state index contributed by atoms with van der Waals surface area (Å²) in [5, 5.41) is 3.36. The maximum Gasteiger partial charge on any atom is 0.241 e. The molecule has 2 heterocycles. The molecule has 98 valence electrons. The lowest BCUT2D eigenvalue weighted by atomic mass is 10.0. The molecule has 2 fully saturated rings. The van der Waals surface area contributed by atoms with Crippen LogP contribution in [0.2, 0.25) is 0 Å². The van der Waals surface area contributed by atoms with Gasteiger partial charge in [0.25, 0.3) is 0 Å². The molecule has 0 aromatic rings. The van der Waals surface area contributed by atoms with Crippen molar-refractivity contribution < 1.29 is 4.79 Å². The Bertz CT molecular complexity index is 272. The average Bonchev–Trinajstić information content (AvgIpc) is 2.61. The van der Waals surface area contributed by atoms with E-state index in [2.05, 4.69) is 36.0 Å². The van der Waals surface area contributed by atoms with Crippen molar-refractivity contribution in [3.8, 4) is 0 Å². The molecule has 1 atom stereocenters. The van der Waals surface area contributed by atoms with Crippen molar-refractivity contribution in [2.45, 2.75) is 45.2 Å². The molecule has 1 unspecified atom stereocenters. The van der Waals surface area contributed by atoms with Gasteiger partial charge in [0.15, 0.2) is 0 Å². The average molecular weight is 239 g/mol. The Morgan fingerprint density at radius 2 is 2.00 bits per heavy atom. The Balaban J connectivity index is 1.89. The summed E-state index contributed by atoms with van der Waals surface area (Å²) < 4.78 is 0. The third kappa shape index (κ3) is 2.99. The van der Waals surface area contributed by atoms with E-state index in [1.165, 1.54) is 0 Å². The van der Waals surface area contributed by atoms with Crippen molar-refractivity contribution in [2.75, 3.05) is 26.8 Å². The van der Waals surface area contributed by atoms with Crippen LogP contribution in [0.5, 0.6) is 0 Å². The van der Waals surface area contributed by atoms with Crippen LogP contribution in [-0.2, 0) is 4.79 Å². The van der Waals surface area contributed by atoms with Crippen molar-refractivity contribution >= 4 is 5.91 Å². The first-order valence-corrected chi connectivity index (χ1v) is 6.80.